The van der Waals surface area contributed by atoms with Gasteiger partial charge in [-0.3, -0.25) is 0 Å². The first-order valence-corrected chi connectivity index (χ1v) is 7.75. The van der Waals surface area contributed by atoms with Crippen molar-refractivity contribution in [1.29, 1.82) is 0 Å². The molecule has 0 amide bonds. The second-order valence-corrected chi connectivity index (χ2v) is 6.98. The summed E-state index contributed by atoms with van der Waals surface area (Å²) in [4.78, 5) is 1.24. The maximum absolute atomic E-state index is 5.60. The topological polar surface area (TPSA) is 25.2 Å². The standard InChI is InChI=1S/C12H13Br2NOS/c1-3-15-10(11-7(2)4-5-16-11)9-6-8(13)12(14)17-9/h4-6,10,15H,3H2,1-2H3. The Bertz CT molecular complexity index is 487. The molecule has 17 heavy (non-hydrogen) atoms. The van der Waals surface area contributed by atoms with Crippen LogP contribution in [0.1, 0.15) is 29.2 Å². The minimum absolute atomic E-state index is 0.127. The van der Waals surface area contributed by atoms with Gasteiger partial charge in [0.15, 0.2) is 0 Å². The average Bonchev–Trinajstić information content (AvgIpc) is 2.83. The van der Waals surface area contributed by atoms with Gasteiger partial charge in [0.05, 0.1) is 10.0 Å². The van der Waals surface area contributed by atoms with E-state index in [1.54, 1.807) is 17.6 Å². The molecule has 0 saturated carbocycles. The minimum Gasteiger partial charge on any atom is -0.467 e. The monoisotopic (exact) mass is 377 g/mol. The molecule has 0 aromatic carbocycles. The Hall–Kier alpha value is -0.100. The van der Waals surface area contributed by atoms with Crippen molar-refractivity contribution in [3.63, 3.8) is 0 Å². The quantitative estimate of drug-likeness (QED) is 0.820. The van der Waals surface area contributed by atoms with E-state index in [4.69, 9.17) is 4.42 Å². The van der Waals surface area contributed by atoms with Gasteiger partial charge in [-0.1, -0.05) is 6.92 Å². The van der Waals surface area contributed by atoms with Gasteiger partial charge in [0, 0.05) is 9.35 Å². The summed E-state index contributed by atoms with van der Waals surface area (Å²) in [6, 6.07) is 4.25. The molecule has 2 aromatic heterocycles. The molecule has 0 saturated heterocycles. The predicted molar refractivity (Wildman–Crippen MR) is 78.7 cm³/mol. The Balaban J connectivity index is 2.39. The van der Waals surface area contributed by atoms with Crippen molar-refractivity contribution in [1.82, 2.24) is 5.32 Å². The van der Waals surface area contributed by atoms with Gasteiger partial charge in [-0.2, -0.15) is 0 Å². The molecule has 5 heteroatoms. The summed E-state index contributed by atoms with van der Waals surface area (Å²) >= 11 is 8.77. The first kappa shape index (κ1) is 13.3. The molecule has 2 rings (SSSR count). The van der Waals surface area contributed by atoms with Crippen LogP contribution in [0, 0.1) is 6.92 Å². The molecule has 0 aliphatic heterocycles. The molecule has 0 fully saturated rings. The van der Waals surface area contributed by atoms with Crippen molar-refractivity contribution >= 4 is 43.2 Å². The molecule has 2 nitrogen and oxygen atoms in total. The van der Waals surface area contributed by atoms with Gasteiger partial charge in [0.2, 0.25) is 0 Å². The molecule has 0 aliphatic carbocycles. The normalized spacial score (nSPS) is 12.9. The second kappa shape index (κ2) is 5.69. The summed E-state index contributed by atoms with van der Waals surface area (Å²) in [6.45, 7) is 5.07. The fraction of sp³-hybridized carbons (Fsp3) is 0.333. The molecule has 2 heterocycles. The van der Waals surface area contributed by atoms with E-state index < -0.39 is 0 Å². The number of hydrogen-bond acceptors (Lipinski definition) is 3. The van der Waals surface area contributed by atoms with Crippen LogP contribution in [0.3, 0.4) is 0 Å². The molecule has 0 bridgehead atoms. The third-order valence-corrected chi connectivity index (χ3v) is 5.84. The molecular weight excluding hydrogens is 366 g/mol. The zero-order chi connectivity index (χ0) is 12.4. The molecular formula is C12H13Br2NOS. The maximum atomic E-state index is 5.60. The summed E-state index contributed by atoms with van der Waals surface area (Å²) in [6.07, 6.45) is 1.74. The molecule has 2 aromatic rings. The highest BCUT2D eigenvalue weighted by atomic mass is 79.9. The number of hydrogen-bond donors (Lipinski definition) is 1. The largest absolute Gasteiger partial charge is 0.467 e. The first-order chi connectivity index (χ1) is 8.13. The van der Waals surface area contributed by atoms with Crippen molar-refractivity contribution in [3.8, 4) is 0 Å². The van der Waals surface area contributed by atoms with E-state index >= 15 is 0 Å². The number of thiophene rings is 1. The lowest BCUT2D eigenvalue weighted by Crippen LogP contribution is -2.21. The summed E-state index contributed by atoms with van der Waals surface area (Å²) < 4.78 is 7.79. The van der Waals surface area contributed by atoms with E-state index in [-0.39, 0.29) is 6.04 Å². The van der Waals surface area contributed by atoms with Crippen LogP contribution >= 0.6 is 43.2 Å². The zero-order valence-corrected chi connectivity index (χ0v) is 13.6. The van der Waals surface area contributed by atoms with Crippen LogP contribution in [-0.4, -0.2) is 6.54 Å². The average molecular weight is 379 g/mol. The number of rotatable bonds is 4. The van der Waals surface area contributed by atoms with E-state index in [2.05, 4.69) is 57.1 Å². The number of halogens is 2. The van der Waals surface area contributed by atoms with Gasteiger partial charge in [-0.15, -0.1) is 11.3 Å². The Morgan fingerprint density at radius 2 is 2.24 bits per heavy atom. The van der Waals surface area contributed by atoms with Crippen LogP contribution in [0.2, 0.25) is 0 Å². The van der Waals surface area contributed by atoms with Crippen LogP contribution in [0.4, 0.5) is 0 Å². The Morgan fingerprint density at radius 3 is 2.71 bits per heavy atom. The highest BCUT2D eigenvalue weighted by Crippen LogP contribution is 2.38. The molecule has 0 aliphatic rings. The van der Waals surface area contributed by atoms with Crippen LogP contribution in [-0.2, 0) is 0 Å². The van der Waals surface area contributed by atoms with E-state index in [9.17, 15) is 0 Å². The fourth-order valence-corrected chi connectivity index (χ4v) is 3.88. The minimum atomic E-state index is 0.127. The van der Waals surface area contributed by atoms with Crippen molar-refractivity contribution in [2.75, 3.05) is 6.54 Å². The van der Waals surface area contributed by atoms with Gasteiger partial charge in [0.1, 0.15) is 11.8 Å². The van der Waals surface area contributed by atoms with Gasteiger partial charge in [-0.05, 0) is 63.0 Å². The molecule has 1 atom stereocenters. The summed E-state index contributed by atoms with van der Waals surface area (Å²) in [7, 11) is 0. The van der Waals surface area contributed by atoms with Crippen molar-refractivity contribution < 1.29 is 4.42 Å². The predicted octanol–water partition coefficient (Wildman–Crippen LogP) is 4.87. The van der Waals surface area contributed by atoms with Gasteiger partial charge in [0.25, 0.3) is 0 Å². The van der Waals surface area contributed by atoms with E-state index in [1.807, 2.05) is 6.07 Å². The molecule has 0 radical (unpaired) electrons. The van der Waals surface area contributed by atoms with E-state index in [0.29, 0.717) is 0 Å². The number of furan rings is 1. The fourth-order valence-electron chi connectivity index (χ4n) is 1.71. The first-order valence-electron chi connectivity index (χ1n) is 5.35. The summed E-state index contributed by atoms with van der Waals surface area (Å²) in [5.41, 5.74) is 1.18. The maximum Gasteiger partial charge on any atom is 0.128 e. The lowest BCUT2D eigenvalue weighted by molar-refractivity contribution is 0.452. The van der Waals surface area contributed by atoms with Crippen LogP contribution < -0.4 is 5.32 Å². The van der Waals surface area contributed by atoms with Gasteiger partial charge in [-0.25, -0.2) is 0 Å². The Morgan fingerprint density at radius 1 is 1.47 bits per heavy atom. The third-order valence-electron chi connectivity index (χ3n) is 2.52. The van der Waals surface area contributed by atoms with Crippen molar-refractivity contribution in [2.45, 2.75) is 19.9 Å². The van der Waals surface area contributed by atoms with E-state index in [1.165, 1.54) is 10.4 Å². The molecule has 0 spiro atoms. The smallest absolute Gasteiger partial charge is 0.128 e. The van der Waals surface area contributed by atoms with Gasteiger partial charge < -0.3 is 9.73 Å². The highest BCUT2D eigenvalue weighted by Gasteiger charge is 2.21. The Labute approximate surface area is 122 Å². The summed E-state index contributed by atoms with van der Waals surface area (Å²) in [5.74, 6) is 0.994. The zero-order valence-electron chi connectivity index (χ0n) is 9.59. The van der Waals surface area contributed by atoms with Crippen LogP contribution in [0.25, 0.3) is 0 Å². The molecule has 1 N–H and O–H groups in total. The van der Waals surface area contributed by atoms with Crippen molar-refractivity contribution in [3.05, 3.63) is 42.9 Å². The molecule has 1 unspecified atom stereocenters. The second-order valence-electron chi connectivity index (χ2n) is 3.73. The summed E-state index contributed by atoms with van der Waals surface area (Å²) in [5, 5.41) is 3.46. The Kier molecular flexibility index (Phi) is 4.47. The third kappa shape index (κ3) is 2.84. The van der Waals surface area contributed by atoms with E-state index in [0.717, 1.165) is 20.6 Å². The highest BCUT2D eigenvalue weighted by molar-refractivity contribution is 9.13. The lowest BCUT2D eigenvalue weighted by atomic mass is 10.1. The SMILES string of the molecule is CCNC(c1cc(Br)c(Br)s1)c1occc1C. The van der Waals surface area contributed by atoms with Crippen molar-refractivity contribution in [2.24, 2.45) is 0 Å². The van der Waals surface area contributed by atoms with Crippen LogP contribution in [0.15, 0.2) is 31.1 Å². The number of aryl methyl sites for hydroxylation is 1. The van der Waals surface area contributed by atoms with Gasteiger partial charge >= 0.3 is 0 Å². The van der Waals surface area contributed by atoms with Crippen LogP contribution in [0.5, 0.6) is 0 Å². The molecule has 92 valence electrons. The lowest BCUT2D eigenvalue weighted by Gasteiger charge is -2.14. The number of nitrogens with one attached hydrogen (secondary N) is 1.